The summed E-state index contributed by atoms with van der Waals surface area (Å²) >= 11 is 0. The summed E-state index contributed by atoms with van der Waals surface area (Å²) in [6.07, 6.45) is 0. The highest BCUT2D eigenvalue weighted by Crippen LogP contribution is 2.19. The van der Waals surface area contributed by atoms with Crippen molar-refractivity contribution in [2.75, 3.05) is 5.32 Å². The predicted molar refractivity (Wildman–Crippen MR) is 83.8 cm³/mol. The summed E-state index contributed by atoms with van der Waals surface area (Å²) in [6.45, 7) is 7.27. The Morgan fingerprint density at radius 1 is 1.14 bits per heavy atom. The van der Waals surface area contributed by atoms with Crippen molar-refractivity contribution in [2.24, 2.45) is 12.5 Å². The van der Waals surface area contributed by atoms with Crippen LogP contribution in [-0.2, 0) is 11.8 Å². The van der Waals surface area contributed by atoms with Crippen LogP contribution in [0.15, 0.2) is 35.1 Å². The van der Waals surface area contributed by atoms with Gasteiger partial charge in [-0.15, -0.1) is 0 Å². The summed E-state index contributed by atoms with van der Waals surface area (Å²) in [5.74, 6) is -0.173. The minimum absolute atomic E-state index is 0.173. The van der Waals surface area contributed by atoms with Crippen molar-refractivity contribution in [1.82, 2.24) is 9.36 Å². The van der Waals surface area contributed by atoms with Crippen molar-refractivity contribution < 1.29 is 4.79 Å². The van der Waals surface area contributed by atoms with Gasteiger partial charge in [0.1, 0.15) is 5.69 Å². The summed E-state index contributed by atoms with van der Waals surface area (Å²) in [5, 5.41) is 2.76. The number of carbonyl (C=O) groups excluding carboxylic acids is 1. The van der Waals surface area contributed by atoms with Crippen LogP contribution in [0.4, 0.5) is 5.69 Å². The molecule has 5 heteroatoms. The lowest BCUT2D eigenvalue weighted by Crippen LogP contribution is -2.30. The van der Waals surface area contributed by atoms with E-state index in [4.69, 9.17) is 0 Å². The lowest BCUT2D eigenvalue weighted by molar-refractivity contribution is -0.123. The fourth-order valence-corrected chi connectivity index (χ4v) is 2.01. The molecule has 0 aliphatic rings. The van der Waals surface area contributed by atoms with Crippen LogP contribution in [0.25, 0.3) is 5.69 Å². The third-order valence-corrected chi connectivity index (χ3v) is 3.47. The summed E-state index contributed by atoms with van der Waals surface area (Å²) in [7, 11) is 1.80. The average molecular weight is 287 g/mol. The highest BCUT2D eigenvalue weighted by molar-refractivity contribution is 5.94. The van der Waals surface area contributed by atoms with Gasteiger partial charge in [0.2, 0.25) is 5.91 Å². The van der Waals surface area contributed by atoms with Gasteiger partial charge in [-0.1, -0.05) is 39.0 Å². The molecule has 0 atom stereocenters. The highest BCUT2D eigenvalue weighted by Gasteiger charge is 2.25. The van der Waals surface area contributed by atoms with Crippen LogP contribution in [0, 0.1) is 12.3 Å². The van der Waals surface area contributed by atoms with E-state index in [0.717, 1.165) is 11.4 Å². The van der Waals surface area contributed by atoms with Crippen molar-refractivity contribution in [3.8, 4) is 5.69 Å². The molecule has 1 heterocycles. The number of para-hydroxylation sites is 1. The van der Waals surface area contributed by atoms with Gasteiger partial charge in [-0.05, 0) is 19.1 Å². The molecule has 0 fully saturated rings. The van der Waals surface area contributed by atoms with Gasteiger partial charge in [-0.2, -0.15) is 0 Å². The second-order valence-electron chi connectivity index (χ2n) is 6.14. The number of aromatic nitrogens is 2. The van der Waals surface area contributed by atoms with Crippen LogP contribution < -0.4 is 10.9 Å². The van der Waals surface area contributed by atoms with E-state index in [1.54, 1.807) is 16.4 Å². The quantitative estimate of drug-likeness (QED) is 0.922. The molecule has 0 unspecified atom stereocenters. The summed E-state index contributed by atoms with van der Waals surface area (Å²) in [5.41, 5.74) is 1.05. The van der Waals surface area contributed by atoms with E-state index in [1.165, 1.54) is 0 Å². The summed E-state index contributed by atoms with van der Waals surface area (Å²) in [4.78, 5) is 24.7. The molecule has 0 bridgehead atoms. The number of hydrogen-bond acceptors (Lipinski definition) is 2. The van der Waals surface area contributed by atoms with E-state index < -0.39 is 5.41 Å². The Morgan fingerprint density at radius 2 is 1.71 bits per heavy atom. The van der Waals surface area contributed by atoms with Crippen molar-refractivity contribution in [3.05, 3.63) is 46.4 Å². The van der Waals surface area contributed by atoms with Crippen LogP contribution in [0.3, 0.4) is 0 Å². The monoisotopic (exact) mass is 287 g/mol. The molecule has 0 saturated carbocycles. The Labute approximate surface area is 124 Å². The Bertz CT molecular complexity index is 718. The number of carbonyl (C=O) groups is 1. The molecule has 21 heavy (non-hydrogen) atoms. The maximum atomic E-state index is 12.6. The van der Waals surface area contributed by atoms with Crippen molar-refractivity contribution in [3.63, 3.8) is 0 Å². The van der Waals surface area contributed by atoms with E-state index in [2.05, 4.69) is 5.32 Å². The molecule has 1 amide bonds. The van der Waals surface area contributed by atoms with Gasteiger partial charge < -0.3 is 5.32 Å². The van der Waals surface area contributed by atoms with Gasteiger partial charge in [0.15, 0.2) is 0 Å². The lowest BCUT2D eigenvalue weighted by Gasteiger charge is -2.16. The maximum Gasteiger partial charge on any atom is 0.295 e. The minimum Gasteiger partial charge on any atom is -0.319 e. The standard InChI is InChI=1S/C16H21N3O2/c1-11-13(17-15(21)16(2,3)4)14(20)19(18(11)5)12-9-7-6-8-10-12/h6-10H,1-5H3,(H,17,21). The topological polar surface area (TPSA) is 56.0 Å². The Kier molecular flexibility index (Phi) is 3.77. The van der Waals surface area contributed by atoms with Gasteiger partial charge in [0.25, 0.3) is 5.56 Å². The molecule has 1 N–H and O–H groups in total. The third kappa shape index (κ3) is 2.77. The van der Waals surface area contributed by atoms with Crippen molar-refractivity contribution in [2.45, 2.75) is 27.7 Å². The van der Waals surface area contributed by atoms with E-state index in [0.29, 0.717) is 5.69 Å². The zero-order chi connectivity index (χ0) is 15.8. The number of benzene rings is 1. The van der Waals surface area contributed by atoms with Crippen LogP contribution >= 0.6 is 0 Å². The van der Waals surface area contributed by atoms with Gasteiger partial charge in [-0.25, -0.2) is 4.68 Å². The van der Waals surface area contributed by atoms with E-state index >= 15 is 0 Å². The molecular weight excluding hydrogens is 266 g/mol. The second kappa shape index (κ2) is 5.24. The summed E-state index contributed by atoms with van der Waals surface area (Å²) < 4.78 is 3.30. The zero-order valence-corrected chi connectivity index (χ0v) is 13.1. The van der Waals surface area contributed by atoms with E-state index in [-0.39, 0.29) is 11.5 Å². The van der Waals surface area contributed by atoms with Crippen LogP contribution in [-0.4, -0.2) is 15.3 Å². The number of amides is 1. The molecule has 1 aromatic carbocycles. The van der Waals surface area contributed by atoms with Gasteiger partial charge in [0.05, 0.1) is 11.4 Å². The number of anilines is 1. The smallest absolute Gasteiger partial charge is 0.295 e. The first-order chi connectivity index (χ1) is 9.73. The van der Waals surface area contributed by atoms with E-state index in [9.17, 15) is 9.59 Å². The van der Waals surface area contributed by atoms with E-state index in [1.807, 2.05) is 58.0 Å². The van der Waals surface area contributed by atoms with Gasteiger partial charge in [-0.3, -0.25) is 14.3 Å². The van der Waals surface area contributed by atoms with Gasteiger partial charge >= 0.3 is 0 Å². The first-order valence-electron chi connectivity index (χ1n) is 6.89. The first kappa shape index (κ1) is 15.1. The SMILES string of the molecule is Cc1c(NC(=O)C(C)(C)C)c(=O)n(-c2ccccc2)n1C. The lowest BCUT2D eigenvalue weighted by atomic mass is 9.95. The van der Waals surface area contributed by atoms with Crippen LogP contribution in [0.2, 0.25) is 0 Å². The third-order valence-electron chi connectivity index (χ3n) is 3.47. The molecule has 1 aromatic heterocycles. The fourth-order valence-electron chi connectivity index (χ4n) is 2.01. The fraction of sp³-hybridized carbons (Fsp3) is 0.375. The van der Waals surface area contributed by atoms with Crippen LogP contribution in [0.5, 0.6) is 0 Å². The van der Waals surface area contributed by atoms with Crippen molar-refractivity contribution in [1.29, 1.82) is 0 Å². The maximum absolute atomic E-state index is 12.6. The Balaban J connectivity index is 2.52. The number of nitrogens with zero attached hydrogens (tertiary/aromatic N) is 2. The molecule has 2 aromatic rings. The second-order valence-corrected chi connectivity index (χ2v) is 6.14. The average Bonchev–Trinajstić information content (AvgIpc) is 2.63. The molecule has 0 spiro atoms. The minimum atomic E-state index is -0.549. The molecular formula is C16H21N3O2. The Hall–Kier alpha value is -2.30. The molecule has 5 nitrogen and oxygen atoms in total. The molecule has 0 aliphatic heterocycles. The normalized spacial score (nSPS) is 11.5. The first-order valence-corrected chi connectivity index (χ1v) is 6.89. The molecule has 112 valence electrons. The van der Waals surface area contributed by atoms with Crippen molar-refractivity contribution >= 4 is 11.6 Å². The largest absolute Gasteiger partial charge is 0.319 e. The van der Waals surface area contributed by atoms with Crippen LogP contribution in [0.1, 0.15) is 26.5 Å². The Morgan fingerprint density at radius 3 is 2.24 bits per heavy atom. The molecule has 0 radical (unpaired) electrons. The summed E-state index contributed by atoms with van der Waals surface area (Å²) in [6, 6.07) is 9.36. The highest BCUT2D eigenvalue weighted by atomic mass is 16.2. The van der Waals surface area contributed by atoms with Gasteiger partial charge in [0, 0.05) is 12.5 Å². The molecule has 0 saturated heterocycles. The number of hydrogen-bond donors (Lipinski definition) is 1. The number of nitrogens with one attached hydrogen (secondary N) is 1. The number of rotatable bonds is 2. The predicted octanol–water partition coefficient (Wildman–Crippen LogP) is 2.47. The molecule has 2 rings (SSSR count). The zero-order valence-electron chi connectivity index (χ0n) is 13.1. The molecule has 0 aliphatic carbocycles.